The number of ether oxygens (including phenoxy) is 4. The van der Waals surface area contributed by atoms with Gasteiger partial charge in [-0.25, -0.2) is 4.98 Å². The molecule has 0 fully saturated rings. The molecule has 1 N–H and O–H groups in total. The van der Waals surface area contributed by atoms with Crippen molar-refractivity contribution < 1.29 is 23.7 Å². The summed E-state index contributed by atoms with van der Waals surface area (Å²) in [6.45, 7) is 2.13. The maximum atomic E-state index is 11.8. The fourth-order valence-electron chi connectivity index (χ4n) is 2.92. The normalized spacial score (nSPS) is 10.7. The quantitative estimate of drug-likeness (QED) is 0.524. The minimum atomic E-state index is -0.199. The minimum absolute atomic E-state index is 0.150. The summed E-state index contributed by atoms with van der Waals surface area (Å²) >= 11 is 3.58. The van der Waals surface area contributed by atoms with Gasteiger partial charge in [-0.15, -0.1) is 0 Å². The van der Waals surface area contributed by atoms with Gasteiger partial charge >= 0.3 is 0 Å². The van der Waals surface area contributed by atoms with Crippen LogP contribution in [0.1, 0.15) is 18.9 Å². The number of benzene rings is 1. The molecule has 1 aromatic carbocycles. The number of aromatic nitrogens is 4. The predicted octanol–water partition coefficient (Wildman–Crippen LogP) is 3.02. The van der Waals surface area contributed by atoms with Crippen molar-refractivity contribution in [1.82, 2.24) is 19.5 Å². The number of halogens is 1. The molecule has 11 heteroatoms. The third-order valence-corrected chi connectivity index (χ3v) is 5.25. The fourth-order valence-corrected chi connectivity index (χ4v) is 3.50. The number of hydrogen-bond acceptors (Lipinski definition) is 8. The summed E-state index contributed by atoms with van der Waals surface area (Å²) in [6.07, 6.45) is 1.93. The summed E-state index contributed by atoms with van der Waals surface area (Å²) in [5.41, 5.74) is 1.84. The van der Waals surface area contributed by atoms with E-state index in [4.69, 9.17) is 18.9 Å². The number of hydrogen-bond donors (Lipinski definition) is 1. The van der Waals surface area contributed by atoms with Crippen molar-refractivity contribution in [2.24, 2.45) is 0 Å². The van der Waals surface area contributed by atoms with E-state index in [1.807, 2.05) is 10.6 Å². The molecule has 0 radical (unpaired) electrons. The Bertz CT molecular complexity index is 1090. The van der Waals surface area contributed by atoms with Crippen LogP contribution >= 0.6 is 15.9 Å². The molecule has 30 heavy (non-hydrogen) atoms. The van der Waals surface area contributed by atoms with E-state index >= 15 is 0 Å². The summed E-state index contributed by atoms with van der Waals surface area (Å²) < 4.78 is 24.2. The SMILES string of the molecule is CCC(=O)Nc1nc(OC)c2ncn(Cc3cc(OC)c(OC)c(OC)c3Br)c2n1. The minimum Gasteiger partial charge on any atom is -0.493 e. The van der Waals surface area contributed by atoms with Gasteiger partial charge in [-0.2, -0.15) is 9.97 Å². The predicted molar refractivity (Wildman–Crippen MR) is 114 cm³/mol. The van der Waals surface area contributed by atoms with E-state index in [0.29, 0.717) is 45.9 Å². The molecule has 3 rings (SSSR count). The number of fused-ring (bicyclic) bond motifs is 1. The Morgan fingerprint density at radius 3 is 2.43 bits per heavy atom. The number of nitrogens with one attached hydrogen (secondary N) is 1. The second kappa shape index (κ2) is 9.16. The van der Waals surface area contributed by atoms with Gasteiger partial charge in [0, 0.05) is 6.42 Å². The molecule has 2 aromatic heterocycles. The monoisotopic (exact) mass is 479 g/mol. The molecule has 0 aliphatic heterocycles. The highest BCUT2D eigenvalue weighted by molar-refractivity contribution is 9.10. The number of carbonyl (C=O) groups excluding carboxylic acids is 1. The average molecular weight is 480 g/mol. The molecule has 2 heterocycles. The van der Waals surface area contributed by atoms with Crippen LogP contribution in [0.2, 0.25) is 0 Å². The van der Waals surface area contributed by atoms with Crippen LogP contribution in [0.5, 0.6) is 23.1 Å². The summed E-state index contributed by atoms with van der Waals surface area (Å²) in [6, 6.07) is 1.84. The number of nitrogens with zero attached hydrogens (tertiary/aromatic N) is 4. The van der Waals surface area contributed by atoms with Crippen molar-refractivity contribution in [3.8, 4) is 23.1 Å². The van der Waals surface area contributed by atoms with E-state index in [1.165, 1.54) is 7.11 Å². The molecule has 0 spiro atoms. The van der Waals surface area contributed by atoms with Crippen LogP contribution in [-0.2, 0) is 11.3 Å². The Hall–Kier alpha value is -3.08. The van der Waals surface area contributed by atoms with E-state index in [-0.39, 0.29) is 17.7 Å². The lowest BCUT2D eigenvalue weighted by molar-refractivity contribution is -0.115. The number of amides is 1. The Kier molecular flexibility index (Phi) is 6.60. The summed E-state index contributed by atoms with van der Waals surface area (Å²) in [5, 5.41) is 2.65. The Morgan fingerprint density at radius 1 is 1.10 bits per heavy atom. The van der Waals surface area contributed by atoms with Crippen LogP contribution in [-0.4, -0.2) is 53.9 Å². The molecule has 0 saturated heterocycles. The second-order valence-corrected chi connectivity index (χ2v) is 6.91. The van der Waals surface area contributed by atoms with Crippen molar-refractivity contribution in [3.05, 3.63) is 22.4 Å². The molecule has 0 saturated carbocycles. The van der Waals surface area contributed by atoms with Crippen LogP contribution in [0.15, 0.2) is 16.9 Å². The first-order chi connectivity index (χ1) is 14.5. The van der Waals surface area contributed by atoms with Gasteiger partial charge in [-0.3, -0.25) is 10.1 Å². The maximum Gasteiger partial charge on any atom is 0.246 e. The molecule has 10 nitrogen and oxygen atoms in total. The van der Waals surface area contributed by atoms with Gasteiger partial charge in [0.25, 0.3) is 0 Å². The molecular weight excluding hydrogens is 458 g/mol. The molecule has 0 bridgehead atoms. The van der Waals surface area contributed by atoms with Crippen molar-refractivity contribution in [3.63, 3.8) is 0 Å². The van der Waals surface area contributed by atoms with E-state index in [9.17, 15) is 4.79 Å². The topological polar surface area (TPSA) is 110 Å². The van der Waals surface area contributed by atoms with Crippen molar-refractivity contribution in [2.45, 2.75) is 19.9 Å². The van der Waals surface area contributed by atoms with Gasteiger partial charge in [-0.1, -0.05) is 6.92 Å². The molecule has 1 amide bonds. The van der Waals surface area contributed by atoms with Crippen LogP contribution in [0.25, 0.3) is 11.2 Å². The van der Waals surface area contributed by atoms with E-state index in [1.54, 1.807) is 34.6 Å². The summed E-state index contributed by atoms with van der Waals surface area (Å²) in [4.78, 5) is 24.8. The lowest BCUT2D eigenvalue weighted by Crippen LogP contribution is -2.13. The Labute approximate surface area is 181 Å². The number of carbonyl (C=O) groups is 1. The highest BCUT2D eigenvalue weighted by Crippen LogP contribution is 2.45. The highest BCUT2D eigenvalue weighted by atomic mass is 79.9. The summed E-state index contributed by atoms with van der Waals surface area (Å²) in [5.74, 6) is 1.75. The largest absolute Gasteiger partial charge is 0.493 e. The molecule has 0 aliphatic rings. The van der Waals surface area contributed by atoms with Crippen LogP contribution in [0.3, 0.4) is 0 Å². The second-order valence-electron chi connectivity index (χ2n) is 6.12. The van der Waals surface area contributed by atoms with E-state index in [0.717, 1.165) is 5.56 Å². The first kappa shape index (κ1) is 21.6. The number of anilines is 1. The zero-order chi connectivity index (χ0) is 21.8. The standard InChI is InChI=1S/C19H22BrN5O5/c1-6-12(26)22-19-23-17-14(18(24-19)30-5)21-9-25(17)8-10-7-11(27-2)15(28-3)16(29-4)13(10)20/h7,9H,6,8H2,1-5H3,(H,22,23,24,26). The highest BCUT2D eigenvalue weighted by Gasteiger charge is 2.21. The fraction of sp³-hybridized carbons (Fsp3) is 0.368. The zero-order valence-corrected chi connectivity index (χ0v) is 18.9. The van der Waals surface area contributed by atoms with Gasteiger partial charge in [0.2, 0.25) is 23.5 Å². The lowest BCUT2D eigenvalue weighted by atomic mass is 10.1. The van der Waals surface area contributed by atoms with E-state index < -0.39 is 0 Å². The smallest absolute Gasteiger partial charge is 0.246 e. The Balaban J connectivity index is 2.10. The number of rotatable bonds is 8. The Morgan fingerprint density at radius 2 is 1.83 bits per heavy atom. The average Bonchev–Trinajstić information content (AvgIpc) is 3.16. The molecule has 0 unspecified atom stereocenters. The lowest BCUT2D eigenvalue weighted by Gasteiger charge is -2.17. The van der Waals surface area contributed by atoms with Crippen molar-refractivity contribution in [1.29, 1.82) is 0 Å². The first-order valence-electron chi connectivity index (χ1n) is 9.01. The molecule has 0 aliphatic carbocycles. The van der Waals surface area contributed by atoms with Gasteiger partial charge in [-0.05, 0) is 27.6 Å². The third kappa shape index (κ3) is 3.97. The van der Waals surface area contributed by atoms with Crippen LogP contribution in [0, 0.1) is 0 Å². The molecular formula is C19H22BrN5O5. The van der Waals surface area contributed by atoms with Gasteiger partial charge < -0.3 is 23.5 Å². The molecule has 3 aromatic rings. The number of imidazole rings is 1. The van der Waals surface area contributed by atoms with E-state index in [2.05, 4.69) is 36.2 Å². The molecule has 0 atom stereocenters. The third-order valence-electron chi connectivity index (χ3n) is 4.38. The van der Waals surface area contributed by atoms with Crippen molar-refractivity contribution in [2.75, 3.05) is 33.8 Å². The van der Waals surface area contributed by atoms with Crippen LogP contribution < -0.4 is 24.3 Å². The van der Waals surface area contributed by atoms with Gasteiger partial charge in [0.05, 0.1) is 45.8 Å². The van der Waals surface area contributed by atoms with Gasteiger partial charge in [0.15, 0.2) is 22.7 Å². The maximum absolute atomic E-state index is 11.8. The molecule has 160 valence electrons. The first-order valence-corrected chi connectivity index (χ1v) is 9.80. The summed E-state index contributed by atoms with van der Waals surface area (Å²) in [7, 11) is 6.15. The van der Waals surface area contributed by atoms with Crippen LogP contribution in [0.4, 0.5) is 5.95 Å². The number of methoxy groups -OCH3 is 4. The van der Waals surface area contributed by atoms with Crippen molar-refractivity contribution >= 4 is 38.9 Å². The zero-order valence-electron chi connectivity index (χ0n) is 17.3. The van der Waals surface area contributed by atoms with Gasteiger partial charge in [0.1, 0.15) is 0 Å².